The minimum Gasteiger partial charge on any atom is -0.469 e. The molecule has 0 aromatic heterocycles. The fourth-order valence-electron chi connectivity index (χ4n) is 0.792. The molecule has 4 N–H and O–H groups in total. The van der Waals surface area contributed by atoms with Crippen LogP contribution in [0.3, 0.4) is 0 Å². The summed E-state index contributed by atoms with van der Waals surface area (Å²) in [5.74, 6) is 0. The van der Waals surface area contributed by atoms with Crippen LogP contribution in [0.1, 0.15) is 0 Å². The Balaban J connectivity index is 0.000000261. The molecule has 2 unspecified atom stereocenters. The molecule has 9 heteroatoms. The molecule has 0 bridgehead atoms. The van der Waals surface area contributed by atoms with Gasteiger partial charge in [-0.1, -0.05) is 12.2 Å². The van der Waals surface area contributed by atoms with Gasteiger partial charge in [0.25, 0.3) is 0 Å². The number of aliphatic hydroxyl groups excluding tert-OH is 2. The van der Waals surface area contributed by atoms with E-state index in [0.29, 0.717) is 0 Å². The lowest BCUT2D eigenvalue weighted by atomic mass is 10.3. The predicted molar refractivity (Wildman–Crippen MR) is 70.6 cm³/mol. The molecule has 2 rings (SSSR count). The van der Waals surface area contributed by atoms with Gasteiger partial charge < -0.3 is 34.3 Å². The average molecular weight is 270 g/mol. The number of hydrogen-bond donors (Lipinski definition) is 4. The maximum Gasteiger partial charge on any atom is 0.421 e. The molecule has 2 atom stereocenters. The quantitative estimate of drug-likeness (QED) is 0.444. The average Bonchev–Trinajstić information content (AvgIpc) is 2.43. The molecule has 0 aliphatic carbocycles. The van der Waals surface area contributed by atoms with Crippen molar-refractivity contribution in [2.24, 2.45) is 0 Å². The van der Waals surface area contributed by atoms with E-state index in [1.165, 1.54) is 12.5 Å². The summed E-state index contributed by atoms with van der Waals surface area (Å²) in [4.78, 5) is 0. The van der Waals surface area contributed by atoms with E-state index >= 15 is 0 Å². The van der Waals surface area contributed by atoms with E-state index in [9.17, 15) is 0 Å². The van der Waals surface area contributed by atoms with Crippen LogP contribution in [0.5, 0.6) is 0 Å². The Morgan fingerprint density at radius 2 is 1.21 bits per heavy atom. The standard InChI is InChI=1S/2C5H6O2.B2H4O3/c2*6-5-3-1-2-4-7-5;3-1-5-2-4/h2*1-6H;1-4H. The molecule has 0 fully saturated rings. The first-order valence-electron chi connectivity index (χ1n) is 5.34. The van der Waals surface area contributed by atoms with Crippen molar-refractivity contribution in [1.82, 2.24) is 0 Å². The van der Waals surface area contributed by atoms with Crippen molar-refractivity contribution in [3.63, 3.8) is 0 Å². The number of ether oxygens (including phenoxy) is 2. The zero-order valence-electron chi connectivity index (χ0n) is 10.2. The smallest absolute Gasteiger partial charge is 0.421 e. The number of hydrogen-bond acceptors (Lipinski definition) is 7. The topological polar surface area (TPSA) is 109 Å². The van der Waals surface area contributed by atoms with E-state index < -0.39 is 28.0 Å². The van der Waals surface area contributed by atoms with Crippen molar-refractivity contribution in [2.75, 3.05) is 0 Å². The second kappa shape index (κ2) is 12.9. The van der Waals surface area contributed by atoms with Crippen molar-refractivity contribution in [2.45, 2.75) is 12.6 Å². The maximum atomic E-state index is 8.55. The van der Waals surface area contributed by atoms with Crippen LogP contribution in [-0.2, 0) is 14.0 Å². The van der Waals surface area contributed by atoms with Crippen LogP contribution in [0.2, 0.25) is 0 Å². The van der Waals surface area contributed by atoms with Gasteiger partial charge in [0.05, 0.1) is 12.5 Å². The Kier molecular flexibility index (Phi) is 11.9. The van der Waals surface area contributed by atoms with Gasteiger partial charge in [0.2, 0.25) is 12.6 Å². The second-order valence-electron chi connectivity index (χ2n) is 2.94. The third-order valence-electron chi connectivity index (χ3n) is 1.55. The summed E-state index contributed by atoms with van der Waals surface area (Å²) < 4.78 is 13.1. The predicted octanol–water partition coefficient (Wildman–Crippen LogP) is -1.67. The monoisotopic (exact) mass is 270 g/mol. The highest BCUT2D eigenvalue weighted by Gasteiger charge is 1.95. The lowest BCUT2D eigenvalue weighted by Crippen LogP contribution is -2.04. The molecule has 2 heterocycles. The summed E-state index contributed by atoms with van der Waals surface area (Å²) in [6.07, 6.45) is 11.4. The first kappa shape index (κ1) is 17.5. The van der Waals surface area contributed by atoms with Gasteiger partial charge in [-0.05, 0) is 24.3 Å². The second-order valence-corrected chi connectivity index (χ2v) is 2.94. The minimum absolute atomic E-state index is 0.406. The fourth-order valence-corrected chi connectivity index (χ4v) is 0.792. The van der Waals surface area contributed by atoms with Crippen LogP contribution in [0.25, 0.3) is 0 Å². The van der Waals surface area contributed by atoms with Gasteiger partial charge in [-0.3, -0.25) is 0 Å². The van der Waals surface area contributed by atoms with Crippen molar-refractivity contribution < 1.29 is 34.3 Å². The molecule has 0 aromatic carbocycles. The first-order valence-corrected chi connectivity index (χ1v) is 5.34. The van der Waals surface area contributed by atoms with E-state index in [4.69, 9.17) is 20.3 Å². The van der Waals surface area contributed by atoms with Gasteiger partial charge in [-0.2, -0.15) is 0 Å². The van der Waals surface area contributed by atoms with Crippen molar-refractivity contribution in [3.8, 4) is 0 Å². The molecule has 19 heavy (non-hydrogen) atoms. The Bertz CT molecular complexity index is 287. The van der Waals surface area contributed by atoms with Crippen LogP contribution in [0.4, 0.5) is 0 Å². The molecule has 2 aliphatic rings. The SMILES string of the molecule is OBOBO.OC1C=CC=CO1.OC1C=CC=CO1. The Morgan fingerprint density at radius 3 is 1.32 bits per heavy atom. The molecular weight excluding hydrogens is 254 g/mol. The molecule has 0 saturated heterocycles. The maximum absolute atomic E-state index is 8.55. The largest absolute Gasteiger partial charge is 0.469 e. The summed E-state index contributed by atoms with van der Waals surface area (Å²) in [6.45, 7) is 0. The Hall–Kier alpha value is -1.51. The molecule has 0 radical (unpaired) electrons. The normalized spacial score (nSPS) is 21.9. The summed E-state index contributed by atoms with van der Waals surface area (Å²) >= 11 is 0. The molecule has 0 saturated carbocycles. The van der Waals surface area contributed by atoms with E-state index in [1.54, 1.807) is 36.5 Å². The van der Waals surface area contributed by atoms with Crippen molar-refractivity contribution in [3.05, 3.63) is 49.0 Å². The summed E-state index contributed by atoms with van der Waals surface area (Å²) in [6, 6.07) is 0. The highest BCUT2D eigenvalue weighted by atomic mass is 16.6. The first-order chi connectivity index (χ1) is 9.20. The molecule has 0 spiro atoms. The van der Waals surface area contributed by atoms with Gasteiger partial charge in [0.1, 0.15) is 0 Å². The van der Waals surface area contributed by atoms with Crippen molar-refractivity contribution in [1.29, 1.82) is 0 Å². The summed E-state index contributed by atoms with van der Waals surface area (Å²) in [7, 11) is -0.812. The minimum atomic E-state index is -0.731. The number of aliphatic hydroxyl groups is 2. The summed E-state index contributed by atoms with van der Waals surface area (Å²) in [5, 5.41) is 32.5. The van der Waals surface area contributed by atoms with Crippen LogP contribution in [0, 0.1) is 0 Å². The zero-order chi connectivity index (χ0) is 14.3. The lowest BCUT2D eigenvalue weighted by Gasteiger charge is -2.05. The zero-order valence-corrected chi connectivity index (χ0v) is 10.2. The van der Waals surface area contributed by atoms with E-state index in [0.717, 1.165) is 0 Å². The van der Waals surface area contributed by atoms with Gasteiger partial charge in [0.15, 0.2) is 0 Å². The molecular formula is C10H16B2O7. The number of rotatable bonds is 2. The fraction of sp³-hybridized carbons (Fsp3) is 0.200. The Labute approximate surface area is 112 Å². The third kappa shape index (κ3) is 12.7. The van der Waals surface area contributed by atoms with Crippen LogP contribution >= 0.6 is 0 Å². The summed E-state index contributed by atoms with van der Waals surface area (Å²) in [5.41, 5.74) is 0. The highest BCUT2D eigenvalue weighted by molar-refractivity contribution is 6.32. The number of allylic oxidation sites excluding steroid dienone is 4. The van der Waals surface area contributed by atoms with E-state index in [-0.39, 0.29) is 0 Å². The van der Waals surface area contributed by atoms with Crippen LogP contribution in [-0.4, -0.2) is 48.2 Å². The molecule has 0 amide bonds. The van der Waals surface area contributed by atoms with E-state index in [1.807, 2.05) is 0 Å². The van der Waals surface area contributed by atoms with Crippen molar-refractivity contribution >= 4 is 15.4 Å². The molecule has 0 aromatic rings. The Morgan fingerprint density at radius 1 is 0.789 bits per heavy atom. The third-order valence-corrected chi connectivity index (χ3v) is 1.55. The molecule has 2 aliphatic heterocycles. The van der Waals surface area contributed by atoms with Gasteiger partial charge in [-0.15, -0.1) is 0 Å². The van der Waals surface area contributed by atoms with E-state index in [2.05, 4.69) is 14.0 Å². The van der Waals surface area contributed by atoms with Gasteiger partial charge >= 0.3 is 15.4 Å². The van der Waals surface area contributed by atoms with Gasteiger partial charge in [0, 0.05) is 0 Å². The highest BCUT2D eigenvalue weighted by Crippen LogP contribution is 1.96. The molecule has 104 valence electrons. The van der Waals surface area contributed by atoms with Crippen LogP contribution in [0.15, 0.2) is 49.0 Å². The van der Waals surface area contributed by atoms with Crippen LogP contribution < -0.4 is 0 Å². The lowest BCUT2D eigenvalue weighted by molar-refractivity contribution is -0.0137. The molecule has 7 nitrogen and oxygen atoms in total. The van der Waals surface area contributed by atoms with Gasteiger partial charge in [-0.25, -0.2) is 0 Å².